The average Bonchev–Trinajstić information content (AvgIpc) is 3.17. The van der Waals surface area contributed by atoms with Gasteiger partial charge in [-0.15, -0.1) is 0 Å². The highest BCUT2D eigenvalue weighted by Gasteiger charge is 2.29. The maximum absolute atomic E-state index is 5.60. The normalized spacial score (nSPS) is 15.1. The molecule has 2 aromatic rings. The van der Waals surface area contributed by atoms with E-state index in [2.05, 4.69) is 38.8 Å². The Morgan fingerprint density at radius 2 is 2.11 bits per heavy atom. The molecule has 3 rings (SSSR count). The molecule has 3 nitrogen and oxygen atoms in total. The molecule has 2 N–H and O–H groups in total. The van der Waals surface area contributed by atoms with Crippen molar-refractivity contribution in [1.82, 2.24) is 9.88 Å². The second-order valence-electron chi connectivity index (χ2n) is 5.13. The molecule has 1 saturated carbocycles. The van der Waals surface area contributed by atoms with Crippen molar-refractivity contribution in [3.63, 3.8) is 0 Å². The summed E-state index contributed by atoms with van der Waals surface area (Å²) in [6.45, 7) is 2.54. The van der Waals surface area contributed by atoms with Crippen molar-refractivity contribution in [2.75, 3.05) is 0 Å². The Balaban J connectivity index is 1.66. The van der Waals surface area contributed by atoms with Crippen LogP contribution in [0.15, 0.2) is 35.2 Å². The number of thiophene rings is 1. The number of nitrogens with zero attached hydrogens (tertiary/aromatic N) is 2. The smallest absolute Gasteiger partial charge is 0.0544 e. The van der Waals surface area contributed by atoms with Crippen LogP contribution in [0.2, 0.25) is 0 Å². The van der Waals surface area contributed by atoms with E-state index in [1.54, 1.807) is 11.3 Å². The zero-order valence-corrected chi connectivity index (χ0v) is 11.8. The van der Waals surface area contributed by atoms with Crippen LogP contribution in [-0.2, 0) is 19.6 Å². The number of pyridine rings is 1. The number of hydrogen-bond acceptors (Lipinski definition) is 4. The number of aromatic nitrogens is 1. The summed E-state index contributed by atoms with van der Waals surface area (Å²) in [6, 6.07) is 7.14. The second kappa shape index (κ2) is 5.82. The third-order valence-corrected chi connectivity index (χ3v) is 4.25. The van der Waals surface area contributed by atoms with Gasteiger partial charge in [0.15, 0.2) is 0 Å². The minimum absolute atomic E-state index is 0.564. The number of hydrogen-bond donors (Lipinski definition) is 1. The van der Waals surface area contributed by atoms with E-state index in [4.69, 9.17) is 5.73 Å². The van der Waals surface area contributed by atoms with Gasteiger partial charge in [-0.3, -0.25) is 9.88 Å². The summed E-state index contributed by atoms with van der Waals surface area (Å²) >= 11 is 1.77. The lowest BCUT2D eigenvalue weighted by Gasteiger charge is -2.21. The third-order valence-electron chi connectivity index (χ3n) is 3.52. The summed E-state index contributed by atoms with van der Waals surface area (Å²) in [4.78, 5) is 7.04. The van der Waals surface area contributed by atoms with Gasteiger partial charge in [-0.05, 0) is 46.9 Å². The Morgan fingerprint density at radius 3 is 2.68 bits per heavy atom. The monoisotopic (exact) mass is 273 g/mol. The van der Waals surface area contributed by atoms with E-state index in [-0.39, 0.29) is 0 Å². The molecule has 2 heterocycles. The van der Waals surface area contributed by atoms with E-state index in [0.29, 0.717) is 6.54 Å². The molecule has 0 aromatic carbocycles. The molecule has 100 valence electrons. The van der Waals surface area contributed by atoms with Crippen molar-refractivity contribution in [1.29, 1.82) is 0 Å². The van der Waals surface area contributed by atoms with Crippen molar-refractivity contribution in [2.24, 2.45) is 5.73 Å². The van der Waals surface area contributed by atoms with Gasteiger partial charge in [-0.1, -0.05) is 6.07 Å². The van der Waals surface area contributed by atoms with Crippen LogP contribution in [0.3, 0.4) is 0 Å². The summed E-state index contributed by atoms with van der Waals surface area (Å²) in [5.41, 5.74) is 9.25. The molecular weight excluding hydrogens is 254 g/mol. The average molecular weight is 273 g/mol. The predicted molar refractivity (Wildman–Crippen MR) is 78.7 cm³/mol. The van der Waals surface area contributed by atoms with Crippen molar-refractivity contribution < 1.29 is 0 Å². The summed E-state index contributed by atoms with van der Waals surface area (Å²) in [7, 11) is 0. The Hall–Kier alpha value is -1.23. The minimum Gasteiger partial charge on any atom is -0.326 e. The quantitative estimate of drug-likeness (QED) is 0.880. The third kappa shape index (κ3) is 3.41. The molecule has 4 heteroatoms. The minimum atomic E-state index is 0.564. The van der Waals surface area contributed by atoms with E-state index in [1.165, 1.54) is 18.4 Å². The van der Waals surface area contributed by atoms with Gasteiger partial charge in [-0.2, -0.15) is 11.3 Å². The fourth-order valence-electron chi connectivity index (χ4n) is 2.25. The van der Waals surface area contributed by atoms with Crippen molar-refractivity contribution in [3.8, 4) is 0 Å². The van der Waals surface area contributed by atoms with Crippen LogP contribution < -0.4 is 5.73 Å². The molecule has 0 saturated heterocycles. The second-order valence-corrected chi connectivity index (χ2v) is 5.91. The summed E-state index contributed by atoms with van der Waals surface area (Å²) in [5, 5.41) is 4.38. The Bertz CT molecular complexity index is 503. The van der Waals surface area contributed by atoms with Crippen molar-refractivity contribution in [2.45, 2.75) is 38.5 Å². The lowest BCUT2D eigenvalue weighted by molar-refractivity contribution is 0.243. The van der Waals surface area contributed by atoms with Crippen LogP contribution in [0.5, 0.6) is 0 Å². The highest BCUT2D eigenvalue weighted by molar-refractivity contribution is 7.07. The van der Waals surface area contributed by atoms with Gasteiger partial charge in [0.05, 0.1) is 5.69 Å². The SMILES string of the molecule is NCc1ccc(CN(Cc2ccsc2)C2CC2)nc1. The molecule has 1 fully saturated rings. The molecule has 0 bridgehead atoms. The Kier molecular flexibility index (Phi) is 3.92. The first-order chi connectivity index (χ1) is 9.35. The van der Waals surface area contributed by atoms with Gasteiger partial charge in [0.25, 0.3) is 0 Å². The fourth-order valence-corrected chi connectivity index (χ4v) is 2.91. The first kappa shape index (κ1) is 12.8. The molecule has 0 atom stereocenters. The first-order valence-corrected chi connectivity index (χ1v) is 7.68. The van der Waals surface area contributed by atoms with Gasteiger partial charge >= 0.3 is 0 Å². The highest BCUT2D eigenvalue weighted by atomic mass is 32.1. The molecule has 2 aromatic heterocycles. The molecule has 19 heavy (non-hydrogen) atoms. The van der Waals surface area contributed by atoms with Crippen LogP contribution in [0.25, 0.3) is 0 Å². The number of nitrogens with two attached hydrogens (primary N) is 1. The van der Waals surface area contributed by atoms with Gasteiger partial charge < -0.3 is 5.73 Å². The van der Waals surface area contributed by atoms with E-state index >= 15 is 0 Å². The summed E-state index contributed by atoms with van der Waals surface area (Å²) in [5.74, 6) is 0. The van der Waals surface area contributed by atoms with Crippen LogP contribution in [0.4, 0.5) is 0 Å². The highest BCUT2D eigenvalue weighted by Crippen LogP contribution is 2.29. The Labute approximate surface area is 118 Å². The van der Waals surface area contributed by atoms with Gasteiger partial charge in [0.1, 0.15) is 0 Å². The molecule has 0 aliphatic heterocycles. The molecule has 1 aliphatic rings. The molecule has 0 amide bonds. The Morgan fingerprint density at radius 1 is 1.21 bits per heavy atom. The summed E-state index contributed by atoms with van der Waals surface area (Å²) < 4.78 is 0. The van der Waals surface area contributed by atoms with Crippen LogP contribution >= 0.6 is 11.3 Å². The van der Waals surface area contributed by atoms with E-state index in [0.717, 1.165) is 30.4 Å². The van der Waals surface area contributed by atoms with Crippen LogP contribution in [0.1, 0.15) is 29.7 Å². The maximum atomic E-state index is 5.60. The maximum Gasteiger partial charge on any atom is 0.0544 e. The molecular formula is C15H19N3S. The van der Waals surface area contributed by atoms with Crippen LogP contribution in [-0.4, -0.2) is 15.9 Å². The lowest BCUT2D eigenvalue weighted by Crippen LogP contribution is -2.25. The van der Waals surface area contributed by atoms with E-state index < -0.39 is 0 Å². The van der Waals surface area contributed by atoms with E-state index in [1.807, 2.05) is 6.20 Å². The van der Waals surface area contributed by atoms with Crippen LogP contribution in [0, 0.1) is 0 Å². The number of rotatable bonds is 6. The predicted octanol–water partition coefficient (Wildman–Crippen LogP) is 2.77. The molecule has 0 radical (unpaired) electrons. The molecule has 0 spiro atoms. The fraction of sp³-hybridized carbons (Fsp3) is 0.400. The van der Waals surface area contributed by atoms with Gasteiger partial charge in [0.2, 0.25) is 0 Å². The first-order valence-electron chi connectivity index (χ1n) is 6.74. The zero-order chi connectivity index (χ0) is 13.1. The standard InChI is InChI=1S/C15H19N3S/c16-7-12-1-2-14(17-8-12)10-18(15-3-4-15)9-13-5-6-19-11-13/h1-2,5-6,8,11,15H,3-4,7,9-10,16H2. The van der Waals surface area contributed by atoms with E-state index in [9.17, 15) is 0 Å². The topological polar surface area (TPSA) is 42.1 Å². The van der Waals surface area contributed by atoms with Crippen molar-refractivity contribution in [3.05, 3.63) is 52.0 Å². The van der Waals surface area contributed by atoms with Gasteiger partial charge in [-0.25, -0.2) is 0 Å². The van der Waals surface area contributed by atoms with Crippen molar-refractivity contribution >= 4 is 11.3 Å². The lowest BCUT2D eigenvalue weighted by atomic mass is 10.2. The molecule has 1 aliphatic carbocycles. The largest absolute Gasteiger partial charge is 0.326 e. The summed E-state index contributed by atoms with van der Waals surface area (Å²) in [6.07, 6.45) is 4.54. The zero-order valence-electron chi connectivity index (χ0n) is 11.0. The van der Waals surface area contributed by atoms with Gasteiger partial charge in [0, 0.05) is 31.9 Å². The molecule has 0 unspecified atom stereocenters.